The quantitative estimate of drug-likeness (QED) is 0.545. The number of nitrogens with two attached hydrogens (primary N) is 1. The van der Waals surface area contributed by atoms with Crippen molar-refractivity contribution in [3.63, 3.8) is 0 Å². The van der Waals surface area contributed by atoms with Crippen molar-refractivity contribution in [1.82, 2.24) is 10.3 Å². The van der Waals surface area contributed by atoms with Crippen molar-refractivity contribution in [2.75, 3.05) is 12.3 Å². The zero-order valence-electron chi connectivity index (χ0n) is 14.5. The Balaban J connectivity index is 1.65. The Kier molecular flexibility index (Phi) is 3.69. The number of nitrogen functional groups attached to an aromatic ring is 1. The summed E-state index contributed by atoms with van der Waals surface area (Å²) in [5, 5.41) is 6.22. The summed E-state index contributed by atoms with van der Waals surface area (Å²) in [6, 6.07) is 16.4. The Morgan fingerprint density at radius 2 is 1.93 bits per heavy atom. The third-order valence-electron chi connectivity index (χ3n) is 5.05. The Morgan fingerprint density at radius 1 is 1.00 bits per heavy atom. The van der Waals surface area contributed by atoms with Gasteiger partial charge in [0.1, 0.15) is 5.82 Å². The molecule has 27 heavy (non-hydrogen) atoms. The van der Waals surface area contributed by atoms with Gasteiger partial charge in [-0.3, -0.25) is 4.79 Å². The van der Waals surface area contributed by atoms with E-state index >= 15 is 0 Å². The van der Waals surface area contributed by atoms with Gasteiger partial charge in [-0.05, 0) is 46.5 Å². The summed E-state index contributed by atoms with van der Waals surface area (Å²) < 4.78 is 1.25. The van der Waals surface area contributed by atoms with Crippen molar-refractivity contribution in [3.05, 3.63) is 71.2 Å². The smallest absolute Gasteiger partial charge is 0.251 e. The zero-order chi connectivity index (χ0) is 18.4. The Morgan fingerprint density at radius 3 is 2.85 bits per heavy atom. The van der Waals surface area contributed by atoms with Gasteiger partial charge in [-0.25, -0.2) is 4.98 Å². The topological polar surface area (TPSA) is 68.0 Å². The number of rotatable bonds is 2. The van der Waals surface area contributed by atoms with Crippen LogP contribution in [0.1, 0.15) is 15.9 Å². The lowest BCUT2D eigenvalue weighted by Crippen LogP contribution is -2.31. The van der Waals surface area contributed by atoms with E-state index in [4.69, 9.17) is 5.73 Å². The van der Waals surface area contributed by atoms with Crippen molar-refractivity contribution >= 4 is 33.1 Å². The normalized spacial score (nSPS) is 13.4. The maximum absolute atomic E-state index is 12.0. The van der Waals surface area contributed by atoms with Crippen LogP contribution >= 0.6 is 11.3 Å². The Labute approximate surface area is 160 Å². The van der Waals surface area contributed by atoms with Gasteiger partial charge in [-0.15, -0.1) is 11.3 Å². The van der Waals surface area contributed by atoms with Crippen LogP contribution in [-0.2, 0) is 6.42 Å². The predicted molar refractivity (Wildman–Crippen MR) is 111 cm³/mol. The largest absolute Gasteiger partial charge is 0.383 e. The van der Waals surface area contributed by atoms with Crippen LogP contribution in [0, 0.1) is 0 Å². The molecule has 1 aliphatic heterocycles. The van der Waals surface area contributed by atoms with Gasteiger partial charge in [0.2, 0.25) is 0 Å². The molecular weight excluding hydrogens is 354 g/mol. The van der Waals surface area contributed by atoms with E-state index in [-0.39, 0.29) is 5.91 Å². The van der Waals surface area contributed by atoms with E-state index in [1.165, 1.54) is 10.1 Å². The molecule has 1 amide bonds. The molecule has 3 heterocycles. The predicted octanol–water partition coefficient (Wildman–Crippen LogP) is 4.50. The van der Waals surface area contributed by atoms with Crippen molar-refractivity contribution in [3.8, 4) is 22.3 Å². The fraction of sp³-hybridized carbons (Fsp3) is 0.0909. The van der Waals surface area contributed by atoms with Gasteiger partial charge in [-0.1, -0.05) is 30.3 Å². The van der Waals surface area contributed by atoms with E-state index in [1.807, 2.05) is 18.3 Å². The number of aromatic nitrogens is 1. The second-order valence-corrected chi connectivity index (χ2v) is 7.60. The van der Waals surface area contributed by atoms with Gasteiger partial charge in [-0.2, -0.15) is 0 Å². The molecule has 0 saturated carbocycles. The molecular formula is C22H17N3OS. The van der Waals surface area contributed by atoms with Crippen LogP contribution in [0.5, 0.6) is 0 Å². The number of thiophene rings is 1. The van der Waals surface area contributed by atoms with Crippen LogP contribution in [0.15, 0.2) is 60.1 Å². The summed E-state index contributed by atoms with van der Waals surface area (Å²) in [4.78, 5) is 16.4. The molecule has 2 aromatic heterocycles. The van der Waals surface area contributed by atoms with Crippen LogP contribution in [0.3, 0.4) is 0 Å². The summed E-state index contributed by atoms with van der Waals surface area (Å²) in [7, 11) is 0. The minimum atomic E-state index is -0.00739. The van der Waals surface area contributed by atoms with Crippen LogP contribution in [-0.4, -0.2) is 17.4 Å². The van der Waals surface area contributed by atoms with E-state index in [2.05, 4.69) is 52.1 Å². The molecule has 5 heteroatoms. The first-order valence-corrected chi connectivity index (χ1v) is 9.72. The third kappa shape index (κ3) is 2.67. The number of amides is 1. The number of pyridine rings is 1. The molecule has 0 unspecified atom stereocenters. The monoisotopic (exact) mass is 371 g/mol. The first-order valence-electron chi connectivity index (χ1n) is 8.84. The highest BCUT2D eigenvalue weighted by atomic mass is 32.1. The molecule has 0 fully saturated rings. The maximum atomic E-state index is 12.0. The first-order chi connectivity index (χ1) is 13.2. The highest BCUT2D eigenvalue weighted by molar-refractivity contribution is 7.17. The van der Waals surface area contributed by atoms with Crippen LogP contribution in [0.4, 0.5) is 5.82 Å². The van der Waals surface area contributed by atoms with E-state index in [0.717, 1.165) is 39.8 Å². The molecule has 0 saturated heterocycles. The highest BCUT2D eigenvalue weighted by Gasteiger charge is 2.18. The van der Waals surface area contributed by atoms with Crippen molar-refractivity contribution in [2.24, 2.45) is 0 Å². The number of carbonyl (C=O) groups is 1. The summed E-state index contributed by atoms with van der Waals surface area (Å²) >= 11 is 1.73. The summed E-state index contributed by atoms with van der Waals surface area (Å²) in [5.41, 5.74) is 12.1. The zero-order valence-corrected chi connectivity index (χ0v) is 15.3. The van der Waals surface area contributed by atoms with E-state index < -0.39 is 0 Å². The van der Waals surface area contributed by atoms with Crippen LogP contribution in [0.2, 0.25) is 0 Å². The first kappa shape index (κ1) is 16.0. The van der Waals surface area contributed by atoms with E-state index in [1.54, 1.807) is 11.3 Å². The SMILES string of the molecule is Nc1ncc(-c2cccc3ccsc23)cc1-c1ccc2c(c1)CCNC2=O. The van der Waals surface area contributed by atoms with Crippen molar-refractivity contribution in [1.29, 1.82) is 0 Å². The third-order valence-corrected chi connectivity index (χ3v) is 6.01. The van der Waals surface area contributed by atoms with Crippen LogP contribution in [0.25, 0.3) is 32.3 Å². The van der Waals surface area contributed by atoms with Gasteiger partial charge >= 0.3 is 0 Å². The molecule has 0 radical (unpaired) electrons. The number of nitrogens with zero attached hydrogens (tertiary/aromatic N) is 1. The molecule has 0 spiro atoms. The minimum Gasteiger partial charge on any atom is -0.383 e. The number of carbonyl (C=O) groups excluding carboxylic acids is 1. The molecule has 3 N–H and O–H groups in total. The van der Waals surface area contributed by atoms with E-state index in [9.17, 15) is 4.79 Å². The molecule has 2 aromatic carbocycles. The average Bonchev–Trinajstić information content (AvgIpc) is 3.17. The Bertz CT molecular complexity index is 1200. The van der Waals surface area contributed by atoms with Gasteiger partial charge in [0.25, 0.3) is 5.91 Å². The number of hydrogen-bond donors (Lipinski definition) is 2. The second-order valence-electron chi connectivity index (χ2n) is 6.68. The fourth-order valence-corrected chi connectivity index (χ4v) is 4.61. The van der Waals surface area contributed by atoms with Gasteiger partial charge in [0, 0.05) is 39.7 Å². The van der Waals surface area contributed by atoms with Crippen molar-refractivity contribution in [2.45, 2.75) is 6.42 Å². The molecule has 0 atom stereocenters. The lowest BCUT2D eigenvalue weighted by molar-refractivity contribution is 0.0946. The average molecular weight is 371 g/mol. The van der Waals surface area contributed by atoms with Gasteiger partial charge in [0.05, 0.1) is 0 Å². The number of benzene rings is 2. The molecule has 1 aliphatic rings. The fourth-order valence-electron chi connectivity index (χ4n) is 3.67. The Hall–Kier alpha value is -3.18. The molecule has 0 bridgehead atoms. The minimum absolute atomic E-state index is 0.00739. The van der Waals surface area contributed by atoms with Gasteiger partial charge in [0.15, 0.2) is 0 Å². The molecule has 5 rings (SSSR count). The number of fused-ring (bicyclic) bond motifs is 2. The summed E-state index contributed by atoms with van der Waals surface area (Å²) in [6.45, 7) is 0.670. The standard InChI is InChI=1S/C22H17N3OS/c23-21-19(14-4-5-18-15(10-14)6-8-24-22(18)26)11-16(12-25-21)17-3-1-2-13-7-9-27-20(13)17/h1-5,7,9-12H,6,8H2,(H2,23,25)(H,24,26). The number of hydrogen-bond acceptors (Lipinski definition) is 4. The molecule has 4 nitrogen and oxygen atoms in total. The molecule has 0 aliphatic carbocycles. The lowest BCUT2D eigenvalue weighted by Gasteiger charge is -2.18. The van der Waals surface area contributed by atoms with Gasteiger partial charge < -0.3 is 11.1 Å². The summed E-state index contributed by atoms with van der Waals surface area (Å²) in [5.74, 6) is 0.490. The maximum Gasteiger partial charge on any atom is 0.251 e. The lowest BCUT2D eigenvalue weighted by atomic mass is 9.94. The second kappa shape index (κ2) is 6.21. The highest BCUT2D eigenvalue weighted by Crippen LogP contribution is 2.36. The molecule has 4 aromatic rings. The van der Waals surface area contributed by atoms with E-state index in [0.29, 0.717) is 12.4 Å². The van der Waals surface area contributed by atoms with Crippen LogP contribution < -0.4 is 11.1 Å². The summed E-state index contributed by atoms with van der Waals surface area (Å²) in [6.07, 6.45) is 2.66. The molecule has 132 valence electrons. The van der Waals surface area contributed by atoms with Crippen molar-refractivity contribution < 1.29 is 4.79 Å². The number of anilines is 1. The number of nitrogens with one attached hydrogen (secondary N) is 1.